The van der Waals surface area contributed by atoms with Gasteiger partial charge in [-0.1, -0.05) is 39.0 Å². The Bertz CT molecular complexity index is 411. The normalized spacial score (nSPS) is 13.6. The van der Waals surface area contributed by atoms with Gasteiger partial charge in [-0.2, -0.15) is 0 Å². The van der Waals surface area contributed by atoms with Gasteiger partial charge >= 0.3 is 5.97 Å². The second-order valence-corrected chi connectivity index (χ2v) is 4.55. The molecule has 2 unspecified atom stereocenters. The van der Waals surface area contributed by atoms with Crippen LogP contribution in [0.1, 0.15) is 50.4 Å². The molecule has 0 spiro atoms. The van der Waals surface area contributed by atoms with Gasteiger partial charge in [0.15, 0.2) is 0 Å². The molecule has 1 aromatic rings. The summed E-state index contributed by atoms with van der Waals surface area (Å²) in [7, 11) is 0. The van der Waals surface area contributed by atoms with Gasteiger partial charge in [0.1, 0.15) is 11.9 Å². The summed E-state index contributed by atoms with van der Waals surface area (Å²) in [4.78, 5) is 23.9. The van der Waals surface area contributed by atoms with Gasteiger partial charge in [0.25, 0.3) is 0 Å². The molecular formula is C16H22O3. The monoisotopic (exact) mass is 262 g/mol. The van der Waals surface area contributed by atoms with Crippen molar-refractivity contribution < 1.29 is 14.3 Å². The Kier molecular flexibility index (Phi) is 6.26. The van der Waals surface area contributed by atoms with E-state index in [1.165, 1.54) is 0 Å². The molecule has 1 aromatic carbocycles. The van der Waals surface area contributed by atoms with Gasteiger partial charge in [0, 0.05) is 6.42 Å². The van der Waals surface area contributed by atoms with Gasteiger partial charge in [-0.3, -0.25) is 4.79 Å². The number of ether oxygens (including phenoxy) is 1. The summed E-state index contributed by atoms with van der Waals surface area (Å²) in [6, 6.07) is 8.89. The van der Waals surface area contributed by atoms with Crippen LogP contribution in [0.2, 0.25) is 0 Å². The quantitative estimate of drug-likeness (QED) is 0.705. The first-order valence-corrected chi connectivity index (χ1v) is 6.92. The molecule has 0 aliphatic carbocycles. The zero-order chi connectivity index (χ0) is 14.3. The van der Waals surface area contributed by atoms with Crippen molar-refractivity contribution in [2.75, 3.05) is 0 Å². The highest BCUT2D eigenvalue weighted by atomic mass is 16.5. The summed E-state index contributed by atoms with van der Waals surface area (Å²) in [5.74, 6) is -0.382. The third kappa shape index (κ3) is 4.19. The number of benzene rings is 1. The van der Waals surface area contributed by atoms with Crippen LogP contribution in [0.4, 0.5) is 0 Å². The molecule has 1 rings (SSSR count). The maximum Gasteiger partial charge on any atom is 0.338 e. The molecule has 2 atom stereocenters. The van der Waals surface area contributed by atoms with Crippen LogP contribution >= 0.6 is 0 Å². The molecule has 19 heavy (non-hydrogen) atoms. The van der Waals surface area contributed by atoms with E-state index in [2.05, 4.69) is 0 Å². The molecule has 0 amide bonds. The van der Waals surface area contributed by atoms with Crippen LogP contribution < -0.4 is 0 Å². The van der Waals surface area contributed by atoms with Crippen LogP contribution in [0.3, 0.4) is 0 Å². The number of carbonyl (C=O) groups is 2. The summed E-state index contributed by atoms with van der Waals surface area (Å²) in [6.07, 6.45) is 1.51. The SMILES string of the molecule is CCC(=O)C(CC)C(CC)OC(=O)c1ccccc1. The Morgan fingerprint density at radius 2 is 1.68 bits per heavy atom. The Morgan fingerprint density at radius 3 is 2.16 bits per heavy atom. The van der Waals surface area contributed by atoms with E-state index in [1.807, 2.05) is 26.8 Å². The minimum absolute atomic E-state index is 0.162. The lowest BCUT2D eigenvalue weighted by atomic mass is 9.91. The van der Waals surface area contributed by atoms with Gasteiger partial charge in [-0.25, -0.2) is 4.79 Å². The van der Waals surface area contributed by atoms with Crippen molar-refractivity contribution in [2.45, 2.75) is 46.1 Å². The fourth-order valence-electron chi connectivity index (χ4n) is 2.19. The predicted molar refractivity (Wildman–Crippen MR) is 75.0 cm³/mol. The molecule has 3 heteroatoms. The lowest BCUT2D eigenvalue weighted by Gasteiger charge is -2.24. The van der Waals surface area contributed by atoms with Crippen molar-refractivity contribution in [1.29, 1.82) is 0 Å². The van der Waals surface area contributed by atoms with Crippen LogP contribution in [0, 0.1) is 5.92 Å². The van der Waals surface area contributed by atoms with Crippen LogP contribution in [-0.2, 0) is 9.53 Å². The molecule has 3 nitrogen and oxygen atoms in total. The highest BCUT2D eigenvalue weighted by Gasteiger charge is 2.27. The van der Waals surface area contributed by atoms with E-state index in [0.717, 1.165) is 0 Å². The van der Waals surface area contributed by atoms with Crippen molar-refractivity contribution in [1.82, 2.24) is 0 Å². The van der Waals surface area contributed by atoms with Gasteiger partial charge in [-0.05, 0) is 25.0 Å². The van der Waals surface area contributed by atoms with E-state index in [1.54, 1.807) is 24.3 Å². The lowest BCUT2D eigenvalue weighted by molar-refractivity contribution is -0.126. The Hall–Kier alpha value is -1.64. The molecule has 0 bridgehead atoms. The van der Waals surface area contributed by atoms with Crippen molar-refractivity contribution in [3.05, 3.63) is 35.9 Å². The number of rotatable bonds is 7. The number of esters is 1. The maximum absolute atomic E-state index is 12.0. The molecule has 0 fully saturated rings. The minimum atomic E-state index is -0.352. The first kappa shape index (κ1) is 15.4. The summed E-state index contributed by atoms with van der Waals surface area (Å²) < 4.78 is 5.50. The average Bonchev–Trinajstić information content (AvgIpc) is 2.47. The maximum atomic E-state index is 12.0. The van der Waals surface area contributed by atoms with Crippen LogP contribution in [0.5, 0.6) is 0 Å². The molecule has 0 aromatic heterocycles. The molecule has 0 saturated carbocycles. The third-order valence-electron chi connectivity index (χ3n) is 3.32. The summed E-state index contributed by atoms with van der Waals surface area (Å²) in [6.45, 7) is 5.74. The number of carbonyl (C=O) groups excluding carboxylic acids is 2. The zero-order valence-corrected chi connectivity index (χ0v) is 11.9. The molecule has 104 valence electrons. The molecule has 0 saturated heterocycles. The molecule has 0 heterocycles. The fourth-order valence-corrected chi connectivity index (χ4v) is 2.19. The largest absolute Gasteiger partial charge is 0.458 e. The molecule has 0 aliphatic rings. The van der Waals surface area contributed by atoms with Crippen molar-refractivity contribution in [3.63, 3.8) is 0 Å². The highest BCUT2D eigenvalue weighted by molar-refractivity contribution is 5.90. The van der Waals surface area contributed by atoms with E-state index in [-0.39, 0.29) is 23.8 Å². The Balaban J connectivity index is 2.76. The molecule has 0 N–H and O–H groups in total. The average molecular weight is 262 g/mol. The van der Waals surface area contributed by atoms with Crippen LogP contribution in [-0.4, -0.2) is 17.9 Å². The highest BCUT2D eigenvalue weighted by Crippen LogP contribution is 2.19. The summed E-state index contributed by atoms with van der Waals surface area (Å²) in [5.41, 5.74) is 0.528. The lowest BCUT2D eigenvalue weighted by Crippen LogP contribution is -2.31. The second-order valence-electron chi connectivity index (χ2n) is 4.55. The number of hydrogen-bond donors (Lipinski definition) is 0. The van der Waals surface area contributed by atoms with Crippen molar-refractivity contribution in [2.24, 2.45) is 5.92 Å². The topological polar surface area (TPSA) is 43.4 Å². The zero-order valence-electron chi connectivity index (χ0n) is 11.9. The minimum Gasteiger partial charge on any atom is -0.458 e. The fraction of sp³-hybridized carbons (Fsp3) is 0.500. The third-order valence-corrected chi connectivity index (χ3v) is 3.32. The summed E-state index contributed by atoms with van der Waals surface area (Å²) in [5, 5.41) is 0. The van der Waals surface area contributed by atoms with Crippen LogP contribution in [0.15, 0.2) is 30.3 Å². The van der Waals surface area contributed by atoms with Gasteiger partial charge < -0.3 is 4.74 Å². The second kappa shape index (κ2) is 7.72. The van der Waals surface area contributed by atoms with E-state index in [4.69, 9.17) is 4.74 Å². The molecule has 0 aliphatic heterocycles. The van der Waals surface area contributed by atoms with Crippen molar-refractivity contribution >= 4 is 11.8 Å². The number of Topliss-reactive ketones (excluding diaryl/α,β-unsaturated/α-hetero) is 1. The van der Waals surface area contributed by atoms with Gasteiger partial charge in [0.05, 0.1) is 11.5 Å². The molecule has 0 radical (unpaired) electrons. The Labute approximate surface area is 115 Å². The van der Waals surface area contributed by atoms with Gasteiger partial charge in [-0.15, -0.1) is 0 Å². The van der Waals surface area contributed by atoms with E-state index in [0.29, 0.717) is 24.8 Å². The molecular weight excluding hydrogens is 240 g/mol. The number of hydrogen-bond acceptors (Lipinski definition) is 3. The van der Waals surface area contributed by atoms with Gasteiger partial charge in [0.2, 0.25) is 0 Å². The van der Waals surface area contributed by atoms with E-state index in [9.17, 15) is 9.59 Å². The summed E-state index contributed by atoms with van der Waals surface area (Å²) >= 11 is 0. The Morgan fingerprint density at radius 1 is 1.05 bits per heavy atom. The first-order valence-electron chi connectivity index (χ1n) is 6.92. The standard InChI is InChI=1S/C16H22O3/c1-4-13(14(17)5-2)15(6-3)19-16(18)12-10-8-7-9-11-12/h7-11,13,15H,4-6H2,1-3H3. The predicted octanol–water partition coefficient (Wildman–Crippen LogP) is 3.63. The number of ketones is 1. The van der Waals surface area contributed by atoms with Crippen LogP contribution in [0.25, 0.3) is 0 Å². The van der Waals surface area contributed by atoms with E-state index >= 15 is 0 Å². The van der Waals surface area contributed by atoms with E-state index < -0.39 is 0 Å². The smallest absolute Gasteiger partial charge is 0.338 e. The van der Waals surface area contributed by atoms with Crippen molar-refractivity contribution in [3.8, 4) is 0 Å². The first-order chi connectivity index (χ1) is 9.13.